The van der Waals surface area contributed by atoms with Crippen LogP contribution in [0.25, 0.3) is 0 Å². The van der Waals surface area contributed by atoms with Gasteiger partial charge in [0.1, 0.15) is 0 Å². The van der Waals surface area contributed by atoms with Gasteiger partial charge in [0, 0.05) is 26.9 Å². The van der Waals surface area contributed by atoms with Gasteiger partial charge in [0.05, 0.1) is 6.04 Å². The summed E-state index contributed by atoms with van der Waals surface area (Å²) in [4.78, 5) is 25.2. The minimum atomic E-state index is 0.0396. The number of rotatable bonds is 5. The molecular weight excluding hydrogens is 276 g/mol. The molecule has 1 aliphatic carbocycles. The van der Waals surface area contributed by atoms with Crippen molar-refractivity contribution in [3.63, 3.8) is 0 Å². The molecule has 2 amide bonds. The molecule has 0 aromatic heterocycles. The van der Waals surface area contributed by atoms with Crippen molar-refractivity contribution in [1.82, 2.24) is 10.2 Å². The molecule has 0 aliphatic heterocycles. The number of hydrogen-bond acceptors (Lipinski definition) is 2. The molecule has 4 heteroatoms. The maximum Gasteiger partial charge on any atom is 0.222 e. The summed E-state index contributed by atoms with van der Waals surface area (Å²) in [6, 6.07) is 6.58. The molecule has 0 spiro atoms. The maximum atomic E-state index is 12.2. The number of nitrogens with one attached hydrogen (secondary N) is 1. The van der Waals surface area contributed by atoms with Crippen LogP contribution < -0.4 is 5.32 Å². The molecule has 120 valence electrons. The number of aryl methyl sites for hydroxylation is 1. The smallest absolute Gasteiger partial charge is 0.222 e. The van der Waals surface area contributed by atoms with E-state index in [4.69, 9.17) is 0 Å². The zero-order valence-electron chi connectivity index (χ0n) is 14.0. The first-order valence-electron chi connectivity index (χ1n) is 7.97. The fraction of sp³-hybridized carbons (Fsp3) is 0.556. The van der Waals surface area contributed by atoms with E-state index in [-0.39, 0.29) is 17.9 Å². The van der Waals surface area contributed by atoms with Gasteiger partial charge in [0.15, 0.2) is 0 Å². The Morgan fingerprint density at radius 3 is 2.68 bits per heavy atom. The van der Waals surface area contributed by atoms with Crippen LogP contribution in [-0.4, -0.2) is 30.8 Å². The van der Waals surface area contributed by atoms with Gasteiger partial charge >= 0.3 is 0 Å². The normalized spacial score (nSPS) is 19.6. The number of benzene rings is 1. The molecular formula is C18H26N2O2. The fourth-order valence-electron chi connectivity index (χ4n) is 3.05. The van der Waals surface area contributed by atoms with Crippen LogP contribution in [0.15, 0.2) is 18.2 Å². The first-order chi connectivity index (χ1) is 10.4. The van der Waals surface area contributed by atoms with Gasteiger partial charge in [-0.1, -0.05) is 30.7 Å². The second-order valence-corrected chi connectivity index (χ2v) is 6.57. The van der Waals surface area contributed by atoms with E-state index >= 15 is 0 Å². The molecule has 0 saturated carbocycles. The summed E-state index contributed by atoms with van der Waals surface area (Å²) < 4.78 is 0. The van der Waals surface area contributed by atoms with E-state index < -0.39 is 0 Å². The molecule has 1 aliphatic rings. The highest BCUT2D eigenvalue weighted by molar-refractivity contribution is 5.79. The Morgan fingerprint density at radius 2 is 2.00 bits per heavy atom. The summed E-state index contributed by atoms with van der Waals surface area (Å²) in [6.45, 7) is 4.25. The van der Waals surface area contributed by atoms with Gasteiger partial charge in [-0.15, -0.1) is 0 Å². The molecule has 1 aromatic rings. The van der Waals surface area contributed by atoms with E-state index in [2.05, 4.69) is 37.4 Å². The number of carbonyl (C=O) groups is 2. The Hall–Kier alpha value is -1.84. The summed E-state index contributed by atoms with van der Waals surface area (Å²) in [7, 11) is 3.48. The van der Waals surface area contributed by atoms with E-state index in [9.17, 15) is 9.59 Å². The molecule has 0 unspecified atom stereocenters. The van der Waals surface area contributed by atoms with Crippen molar-refractivity contribution in [2.45, 2.75) is 45.6 Å². The third-order valence-electron chi connectivity index (χ3n) is 4.36. The second kappa shape index (κ2) is 6.95. The van der Waals surface area contributed by atoms with E-state index in [0.717, 1.165) is 6.42 Å². The van der Waals surface area contributed by atoms with Crippen LogP contribution in [0.5, 0.6) is 0 Å². The van der Waals surface area contributed by atoms with Crippen LogP contribution in [0.2, 0.25) is 0 Å². The molecule has 2 rings (SSSR count). The van der Waals surface area contributed by atoms with Gasteiger partial charge < -0.3 is 10.2 Å². The number of nitrogens with zero attached hydrogens (tertiary/aromatic N) is 1. The fourth-order valence-corrected chi connectivity index (χ4v) is 3.05. The molecule has 0 bridgehead atoms. The molecule has 1 N–H and O–H groups in total. The van der Waals surface area contributed by atoms with E-state index in [0.29, 0.717) is 25.2 Å². The SMILES string of the molecule is Cc1ccc2c(c1)[C@H](NC(=O)CCCC(=O)N(C)C)[C@@H](C)C2. The summed E-state index contributed by atoms with van der Waals surface area (Å²) in [6.07, 6.45) is 2.45. The predicted molar refractivity (Wildman–Crippen MR) is 87.5 cm³/mol. The van der Waals surface area contributed by atoms with Crippen molar-refractivity contribution in [1.29, 1.82) is 0 Å². The lowest BCUT2D eigenvalue weighted by atomic mass is 10.0. The minimum Gasteiger partial charge on any atom is -0.349 e. The first-order valence-corrected chi connectivity index (χ1v) is 7.97. The van der Waals surface area contributed by atoms with E-state index in [1.807, 2.05) is 0 Å². The van der Waals surface area contributed by atoms with Gasteiger partial charge in [-0.05, 0) is 36.8 Å². The van der Waals surface area contributed by atoms with Crippen molar-refractivity contribution in [3.05, 3.63) is 34.9 Å². The largest absolute Gasteiger partial charge is 0.349 e. The Balaban J connectivity index is 1.90. The third-order valence-corrected chi connectivity index (χ3v) is 4.36. The molecule has 0 saturated heterocycles. The average molecular weight is 302 g/mol. The van der Waals surface area contributed by atoms with Crippen LogP contribution in [-0.2, 0) is 16.0 Å². The summed E-state index contributed by atoms with van der Waals surface area (Å²) in [5.41, 5.74) is 3.82. The van der Waals surface area contributed by atoms with Gasteiger partial charge in [-0.2, -0.15) is 0 Å². The number of amides is 2. The summed E-state index contributed by atoms with van der Waals surface area (Å²) >= 11 is 0. The molecule has 4 nitrogen and oxygen atoms in total. The monoisotopic (exact) mass is 302 g/mol. The standard InChI is InChI=1S/C18H26N2O2/c1-12-8-9-14-11-13(2)18(15(14)10-12)19-16(21)6-5-7-17(22)20(3)4/h8-10,13,18H,5-7,11H2,1-4H3,(H,19,21)/t13-,18+/m0/s1. The molecule has 2 atom stereocenters. The van der Waals surface area contributed by atoms with Gasteiger partial charge in [-0.3, -0.25) is 9.59 Å². The van der Waals surface area contributed by atoms with Crippen molar-refractivity contribution < 1.29 is 9.59 Å². The Bertz CT molecular complexity index is 566. The Kier molecular flexibility index (Phi) is 5.22. The number of carbonyl (C=O) groups excluding carboxylic acids is 2. The van der Waals surface area contributed by atoms with Crippen LogP contribution >= 0.6 is 0 Å². The van der Waals surface area contributed by atoms with Crippen LogP contribution in [0.1, 0.15) is 48.9 Å². The lowest BCUT2D eigenvalue weighted by Gasteiger charge is -2.19. The molecule has 0 fully saturated rings. The third kappa shape index (κ3) is 3.87. The molecule has 0 heterocycles. The van der Waals surface area contributed by atoms with Crippen LogP contribution in [0.3, 0.4) is 0 Å². The zero-order valence-corrected chi connectivity index (χ0v) is 14.0. The lowest BCUT2D eigenvalue weighted by Crippen LogP contribution is -2.30. The number of fused-ring (bicyclic) bond motifs is 1. The molecule has 1 aromatic carbocycles. The average Bonchev–Trinajstić information content (AvgIpc) is 2.74. The first kappa shape index (κ1) is 16.5. The highest BCUT2D eigenvalue weighted by Gasteiger charge is 2.30. The highest BCUT2D eigenvalue weighted by Crippen LogP contribution is 2.36. The Labute approximate surface area is 132 Å². The molecule has 0 radical (unpaired) electrons. The Morgan fingerprint density at radius 1 is 1.27 bits per heavy atom. The van der Waals surface area contributed by atoms with Crippen LogP contribution in [0, 0.1) is 12.8 Å². The zero-order chi connectivity index (χ0) is 16.3. The maximum absolute atomic E-state index is 12.2. The van der Waals surface area contributed by atoms with E-state index in [1.54, 1.807) is 19.0 Å². The van der Waals surface area contributed by atoms with Crippen LogP contribution in [0.4, 0.5) is 0 Å². The number of hydrogen-bond donors (Lipinski definition) is 1. The van der Waals surface area contributed by atoms with Gasteiger partial charge in [0.2, 0.25) is 11.8 Å². The van der Waals surface area contributed by atoms with Crippen molar-refractivity contribution >= 4 is 11.8 Å². The van der Waals surface area contributed by atoms with Gasteiger partial charge in [-0.25, -0.2) is 0 Å². The van der Waals surface area contributed by atoms with E-state index in [1.165, 1.54) is 16.7 Å². The van der Waals surface area contributed by atoms with Gasteiger partial charge in [0.25, 0.3) is 0 Å². The predicted octanol–water partition coefficient (Wildman–Crippen LogP) is 2.60. The van der Waals surface area contributed by atoms with Crippen molar-refractivity contribution in [3.8, 4) is 0 Å². The minimum absolute atomic E-state index is 0.0396. The summed E-state index contributed by atoms with van der Waals surface area (Å²) in [5.74, 6) is 0.532. The van der Waals surface area contributed by atoms with Crippen molar-refractivity contribution in [2.75, 3.05) is 14.1 Å². The topological polar surface area (TPSA) is 49.4 Å². The van der Waals surface area contributed by atoms with Crippen molar-refractivity contribution in [2.24, 2.45) is 5.92 Å². The lowest BCUT2D eigenvalue weighted by molar-refractivity contribution is -0.129. The highest BCUT2D eigenvalue weighted by atomic mass is 16.2. The molecule has 22 heavy (non-hydrogen) atoms. The summed E-state index contributed by atoms with van der Waals surface area (Å²) in [5, 5.41) is 3.15. The second-order valence-electron chi connectivity index (χ2n) is 6.57. The quantitative estimate of drug-likeness (QED) is 0.909.